The fourth-order valence-electron chi connectivity index (χ4n) is 3.06. The molecule has 0 radical (unpaired) electrons. The fraction of sp³-hybridized carbons (Fsp3) is 0.667. The molecule has 1 aromatic carbocycles. The molecule has 1 aliphatic heterocycles. The third-order valence-corrected chi connectivity index (χ3v) is 4.84. The predicted octanol–water partition coefficient (Wildman–Crippen LogP) is 4.84. The molecule has 1 atom stereocenters. The number of phenols is 1. The van der Waals surface area contributed by atoms with Crippen molar-refractivity contribution < 1.29 is 9.84 Å². The molecule has 20 heavy (non-hydrogen) atoms. The summed E-state index contributed by atoms with van der Waals surface area (Å²) in [4.78, 5) is 0. The van der Waals surface area contributed by atoms with Crippen LogP contribution < -0.4 is 4.74 Å². The van der Waals surface area contributed by atoms with Gasteiger partial charge in [0.2, 0.25) is 0 Å². The standard InChI is InChI=1S/C18H28O2/c1-11(2)7-9-18(6)10-8-15-14(5)16(19)12(3)13(4)17(15)20-18/h11,19H,7-10H2,1-6H3. The molecular weight excluding hydrogens is 248 g/mol. The Hall–Kier alpha value is -1.18. The molecule has 0 aliphatic carbocycles. The Labute approximate surface area is 123 Å². The first-order valence-electron chi connectivity index (χ1n) is 7.76. The van der Waals surface area contributed by atoms with Crippen LogP contribution in [0.4, 0.5) is 0 Å². The zero-order valence-electron chi connectivity index (χ0n) is 13.8. The van der Waals surface area contributed by atoms with Crippen LogP contribution in [0.3, 0.4) is 0 Å². The van der Waals surface area contributed by atoms with E-state index in [-0.39, 0.29) is 5.60 Å². The average molecular weight is 276 g/mol. The molecule has 2 nitrogen and oxygen atoms in total. The number of fused-ring (bicyclic) bond motifs is 1. The first-order valence-corrected chi connectivity index (χ1v) is 7.76. The zero-order valence-corrected chi connectivity index (χ0v) is 13.8. The van der Waals surface area contributed by atoms with Crippen molar-refractivity contribution in [2.75, 3.05) is 0 Å². The fourth-order valence-corrected chi connectivity index (χ4v) is 3.06. The second kappa shape index (κ2) is 5.31. The van der Waals surface area contributed by atoms with E-state index in [1.807, 2.05) is 13.8 Å². The molecule has 0 fully saturated rings. The number of aromatic hydroxyl groups is 1. The summed E-state index contributed by atoms with van der Waals surface area (Å²) in [5.74, 6) is 2.17. The molecule has 0 spiro atoms. The lowest BCUT2D eigenvalue weighted by atomic mass is 9.84. The third kappa shape index (κ3) is 2.65. The summed E-state index contributed by atoms with van der Waals surface area (Å²) in [7, 11) is 0. The quantitative estimate of drug-likeness (QED) is 0.856. The van der Waals surface area contributed by atoms with Crippen molar-refractivity contribution in [1.29, 1.82) is 0 Å². The summed E-state index contributed by atoms with van der Waals surface area (Å²) in [6, 6.07) is 0. The summed E-state index contributed by atoms with van der Waals surface area (Å²) in [6.07, 6.45) is 4.34. The summed E-state index contributed by atoms with van der Waals surface area (Å²) in [5, 5.41) is 10.2. The van der Waals surface area contributed by atoms with Crippen molar-refractivity contribution in [3.05, 3.63) is 22.3 Å². The van der Waals surface area contributed by atoms with Crippen LogP contribution in [0.1, 0.15) is 62.3 Å². The highest BCUT2D eigenvalue weighted by Gasteiger charge is 2.34. The molecule has 2 rings (SSSR count). The minimum absolute atomic E-state index is 0.0577. The van der Waals surface area contributed by atoms with E-state index >= 15 is 0 Å². The van der Waals surface area contributed by atoms with Gasteiger partial charge in [-0.15, -0.1) is 0 Å². The Balaban J connectivity index is 2.35. The van der Waals surface area contributed by atoms with Crippen molar-refractivity contribution in [3.8, 4) is 11.5 Å². The molecule has 1 aliphatic rings. The maximum atomic E-state index is 10.2. The number of rotatable bonds is 3. The Morgan fingerprint density at radius 3 is 2.40 bits per heavy atom. The van der Waals surface area contributed by atoms with Crippen molar-refractivity contribution in [3.63, 3.8) is 0 Å². The van der Waals surface area contributed by atoms with Gasteiger partial charge in [-0.3, -0.25) is 0 Å². The van der Waals surface area contributed by atoms with E-state index in [4.69, 9.17) is 4.74 Å². The molecule has 1 aromatic rings. The number of hydrogen-bond acceptors (Lipinski definition) is 2. The van der Waals surface area contributed by atoms with Gasteiger partial charge in [0.15, 0.2) is 0 Å². The lowest BCUT2D eigenvalue weighted by Gasteiger charge is -2.38. The van der Waals surface area contributed by atoms with Gasteiger partial charge >= 0.3 is 0 Å². The van der Waals surface area contributed by atoms with Gasteiger partial charge in [-0.25, -0.2) is 0 Å². The smallest absolute Gasteiger partial charge is 0.127 e. The van der Waals surface area contributed by atoms with E-state index in [0.29, 0.717) is 11.7 Å². The van der Waals surface area contributed by atoms with Crippen LogP contribution in [-0.2, 0) is 6.42 Å². The first-order chi connectivity index (χ1) is 9.25. The van der Waals surface area contributed by atoms with Crippen LogP contribution in [0.5, 0.6) is 11.5 Å². The highest BCUT2D eigenvalue weighted by atomic mass is 16.5. The monoisotopic (exact) mass is 276 g/mol. The van der Waals surface area contributed by atoms with E-state index in [9.17, 15) is 5.11 Å². The van der Waals surface area contributed by atoms with Gasteiger partial charge in [0.1, 0.15) is 17.1 Å². The minimum Gasteiger partial charge on any atom is -0.507 e. The molecule has 0 aromatic heterocycles. The van der Waals surface area contributed by atoms with Gasteiger partial charge < -0.3 is 9.84 Å². The highest BCUT2D eigenvalue weighted by Crippen LogP contribution is 2.44. The zero-order chi connectivity index (χ0) is 15.1. The Morgan fingerprint density at radius 2 is 1.80 bits per heavy atom. The molecule has 0 amide bonds. The summed E-state index contributed by atoms with van der Waals surface area (Å²) in [5.41, 5.74) is 4.19. The lowest BCUT2D eigenvalue weighted by Crippen LogP contribution is -2.37. The van der Waals surface area contributed by atoms with Gasteiger partial charge in [-0.2, -0.15) is 0 Å². The maximum absolute atomic E-state index is 10.2. The van der Waals surface area contributed by atoms with Gasteiger partial charge in [-0.1, -0.05) is 13.8 Å². The molecule has 112 valence electrons. The minimum atomic E-state index is -0.0577. The van der Waals surface area contributed by atoms with E-state index in [2.05, 4.69) is 27.7 Å². The Kier molecular flexibility index (Phi) is 4.04. The van der Waals surface area contributed by atoms with Gasteiger partial charge in [-0.05, 0) is 76.0 Å². The van der Waals surface area contributed by atoms with Gasteiger partial charge in [0.05, 0.1) is 0 Å². The summed E-state index contributed by atoms with van der Waals surface area (Å²) >= 11 is 0. The Bertz CT molecular complexity index is 517. The second-order valence-corrected chi connectivity index (χ2v) is 7.02. The van der Waals surface area contributed by atoms with Crippen molar-refractivity contribution in [1.82, 2.24) is 0 Å². The topological polar surface area (TPSA) is 29.5 Å². The Morgan fingerprint density at radius 1 is 1.15 bits per heavy atom. The molecule has 1 unspecified atom stereocenters. The van der Waals surface area contributed by atoms with Gasteiger partial charge in [0, 0.05) is 5.56 Å². The van der Waals surface area contributed by atoms with E-state index < -0.39 is 0 Å². The van der Waals surface area contributed by atoms with Crippen molar-refractivity contribution >= 4 is 0 Å². The van der Waals surface area contributed by atoms with Crippen molar-refractivity contribution in [2.24, 2.45) is 5.92 Å². The summed E-state index contributed by atoms with van der Waals surface area (Å²) in [6.45, 7) is 12.8. The predicted molar refractivity (Wildman–Crippen MR) is 83.7 cm³/mol. The van der Waals surface area contributed by atoms with E-state index in [1.54, 1.807) is 0 Å². The number of benzene rings is 1. The maximum Gasteiger partial charge on any atom is 0.127 e. The normalized spacial score (nSPS) is 21.8. The SMILES string of the molecule is Cc1c(C)c2c(c(C)c1O)CCC(C)(CCC(C)C)O2. The molecule has 1 N–H and O–H groups in total. The third-order valence-electron chi connectivity index (χ3n) is 4.84. The molecule has 0 saturated carbocycles. The second-order valence-electron chi connectivity index (χ2n) is 7.02. The molecule has 1 heterocycles. The number of phenolic OH excluding ortho intramolecular Hbond substituents is 1. The van der Waals surface area contributed by atoms with Crippen LogP contribution in [0.25, 0.3) is 0 Å². The number of hydrogen-bond donors (Lipinski definition) is 1. The van der Waals surface area contributed by atoms with Crippen LogP contribution in [-0.4, -0.2) is 10.7 Å². The van der Waals surface area contributed by atoms with Gasteiger partial charge in [0.25, 0.3) is 0 Å². The van der Waals surface area contributed by atoms with Crippen LogP contribution in [0.2, 0.25) is 0 Å². The average Bonchev–Trinajstić information content (AvgIpc) is 2.41. The van der Waals surface area contributed by atoms with E-state index in [1.165, 1.54) is 12.0 Å². The number of ether oxygens (including phenoxy) is 1. The lowest BCUT2D eigenvalue weighted by molar-refractivity contribution is 0.0495. The molecule has 2 heteroatoms. The first kappa shape index (κ1) is 15.2. The van der Waals surface area contributed by atoms with Crippen LogP contribution >= 0.6 is 0 Å². The molecular formula is C18H28O2. The van der Waals surface area contributed by atoms with Crippen molar-refractivity contribution in [2.45, 2.75) is 72.8 Å². The summed E-state index contributed by atoms with van der Waals surface area (Å²) < 4.78 is 6.41. The van der Waals surface area contributed by atoms with E-state index in [0.717, 1.165) is 41.7 Å². The molecule has 0 bridgehead atoms. The largest absolute Gasteiger partial charge is 0.507 e. The highest BCUT2D eigenvalue weighted by molar-refractivity contribution is 5.58. The van der Waals surface area contributed by atoms with Crippen LogP contribution in [0.15, 0.2) is 0 Å². The molecule has 0 saturated heterocycles. The van der Waals surface area contributed by atoms with Crippen LogP contribution in [0, 0.1) is 26.7 Å².